The third-order valence-electron chi connectivity index (χ3n) is 4.61. The minimum absolute atomic E-state index is 0.145. The Kier molecular flexibility index (Phi) is 4.82. The van der Waals surface area contributed by atoms with Crippen LogP contribution in [0, 0.1) is 0 Å². The maximum atomic E-state index is 12.5. The van der Waals surface area contributed by atoms with Crippen molar-refractivity contribution in [2.45, 2.75) is 11.4 Å². The zero-order valence-corrected chi connectivity index (χ0v) is 16.1. The molecule has 0 spiro atoms. The number of rotatable bonds is 6. The topological polar surface area (TPSA) is 88.4 Å². The molecule has 0 unspecified atom stereocenters. The second-order valence-electron chi connectivity index (χ2n) is 6.60. The van der Waals surface area contributed by atoms with E-state index in [0.29, 0.717) is 23.1 Å². The highest BCUT2D eigenvalue weighted by molar-refractivity contribution is 7.92. The number of hydrogen-bond acceptors (Lipinski definition) is 3. The van der Waals surface area contributed by atoms with E-state index in [2.05, 4.69) is 4.72 Å². The first-order valence-electron chi connectivity index (χ1n) is 8.92. The van der Waals surface area contributed by atoms with Gasteiger partial charge >= 0.3 is 5.97 Å². The zero-order chi connectivity index (χ0) is 20.4. The van der Waals surface area contributed by atoms with Crippen LogP contribution in [0.4, 0.5) is 5.69 Å². The van der Waals surface area contributed by atoms with Gasteiger partial charge in [-0.15, -0.1) is 0 Å². The Bertz CT molecular complexity index is 1280. The van der Waals surface area contributed by atoms with E-state index in [1.807, 2.05) is 30.3 Å². The highest BCUT2D eigenvalue weighted by Gasteiger charge is 2.17. The molecule has 0 aliphatic rings. The Morgan fingerprint density at radius 2 is 1.55 bits per heavy atom. The van der Waals surface area contributed by atoms with Crippen LogP contribution in [-0.2, 0) is 16.6 Å². The summed E-state index contributed by atoms with van der Waals surface area (Å²) >= 11 is 0. The number of hydrogen-bond donors (Lipinski definition) is 2. The van der Waals surface area contributed by atoms with Gasteiger partial charge in [0.25, 0.3) is 10.0 Å². The largest absolute Gasteiger partial charge is 0.477 e. The summed E-state index contributed by atoms with van der Waals surface area (Å²) in [4.78, 5) is 11.9. The third kappa shape index (κ3) is 3.86. The van der Waals surface area contributed by atoms with Crippen molar-refractivity contribution in [1.82, 2.24) is 4.57 Å². The second kappa shape index (κ2) is 7.44. The number of carboxylic acids is 1. The fourth-order valence-electron chi connectivity index (χ4n) is 3.26. The Labute approximate surface area is 168 Å². The Hall–Kier alpha value is -3.58. The predicted molar refractivity (Wildman–Crippen MR) is 112 cm³/mol. The van der Waals surface area contributed by atoms with Crippen LogP contribution in [0.1, 0.15) is 16.1 Å². The highest BCUT2D eigenvalue weighted by atomic mass is 32.2. The van der Waals surface area contributed by atoms with Crippen molar-refractivity contribution in [3.05, 3.63) is 96.2 Å². The van der Waals surface area contributed by atoms with Crippen LogP contribution in [-0.4, -0.2) is 24.1 Å². The summed E-state index contributed by atoms with van der Waals surface area (Å²) in [5.74, 6) is -1.04. The fraction of sp³-hybridized carbons (Fsp3) is 0.0455. The van der Waals surface area contributed by atoms with Crippen molar-refractivity contribution in [3.63, 3.8) is 0 Å². The van der Waals surface area contributed by atoms with Crippen LogP contribution in [0.3, 0.4) is 0 Å². The molecule has 29 heavy (non-hydrogen) atoms. The molecule has 1 heterocycles. The molecular weight excluding hydrogens is 388 g/mol. The van der Waals surface area contributed by atoms with Crippen molar-refractivity contribution in [2.24, 2.45) is 0 Å². The van der Waals surface area contributed by atoms with E-state index in [4.69, 9.17) is 0 Å². The second-order valence-corrected chi connectivity index (χ2v) is 8.28. The summed E-state index contributed by atoms with van der Waals surface area (Å²) in [7, 11) is -3.72. The van der Waals surface area contributed by atoms with Gasteiger partial charge in [0, 0.05) is 23.1 Å². The summed E-state index contributed by atoms with van der Waals surface area (Å²) in [6.45, 7) is 0.404. The maximum Gasteiger partial charge on any atom is 0.352 e. The number of aromatic carboxylic acids is 1. The molecule has 4 rings (SSSR count). The summed E-state index contributed by atoms with van der Waals surface area (Å²) in [5.41, 5.74) is 2.21. The van der Waals surface area contributed by atoms with Crippen LogP contribution in [0.25, 0.3) is 10.9 Å². The summed E-state index contributed by atoms with van der Waals surface area (Å²) in [6, 6.07) is 24.2. The number of anilines is 1. The van der Waals surface area contributed by atoms with Gasteiger partial charge in [0.1, 0.15) is 5.69 Å². The van der Waals surface area contributed by atoms with Crippen molar-refractivity contribution >= 4 is 32.6 Å². The number of benzene rings is 3. The van der Waals surface area contributed by atoms with Crippen molar-refractivity contribution in [1.29, 1.82) is 0 Å². The molecular formula is C22H18N2O4S. The Morgan fingerprint density at radius 3 is 2.21 bits per heavy atom. The van der Waals surface area contributed by atoms with Gasteiger partial charge < -0.3 is 9.67 Å². The van der Waals surface area contributed by atoms with Crippen LogP contribution >= 0.6 is 0 Å². The van der Waals surface area contributed by atoms with E-state index in [0.717, 1.165) is 5.56 Å². The molecule has 0 saturated heterocycles. The van der Waals surface area contributed by atoms with E-state index in [9.17, 15) is 18.3 Å². The number of nitrogens with one attached hydrogen (secondary N) is 1. The third-order valence-corrected chi connectivity index (χ3v) is 6.01. The van der Waals surface area contributed by atoms with E-state index < -0.39 is 16.0 Å². The number of fused-ring (bicyclic) bond motifs is 1. The van der Waals surface area contributed by atoms with Crippen molar-refractivity contribution in [2.75, 3.05) is 4.72 Å². The first-order chi connectivity index (χ1) is 13.9. The first-order valence-corrected chi connectivity index (χ1v) is 10.4. The summed E-state index contributed by atoms with van der Waals surface area (Å²) < 4.78 is 29.4. The van der Waals surface area contributed by atoms with Crippen LogP contribution in [0.2, 0.25) is 0 Å². The van der Waals surface area contributed by atoms with Gasteiger partial charge in [-0.2, -0.15) is 0 Å². The lowest BCUT2D eigenvalue weighted by atomic mass is 10.2. The van der Waals surface area contributed by atoms with Crippen LogP contribution in [0.5, 0.6) is 0 Å². The lowest BCUT2D eigenvalue weighted by molar-refractivity contribution is 0.0686. The first kappa shape index (κ1) is 18.8. The molecule has 6 nitrogen and oxygen atoms in total. The molecule has 1 aromatic heterocycles. The molecule has 0 atom stereocenters. The predicted octanol–water partition coefficient (Wildman–Crippen LogP) is 4.19. The number of sulfonamides is 1. The lowest BCUT2D eigenvalue weighted by Gasteiger charge is -2.10. The Morgan fingerprint density at radius 1 is 0.897 bits per heavy atom. The molecule has 0 aliphatic carbocycles. The van der Waals surface area contributed by atoms with Gasteiger partial charge in [-0.25, -0.2) is 13.2 Å². The number of carboxylic acid groups (broad SMARTS) is 1. The van der Waals surface area contributed by atoms with Gasteiger partial charge in [-0.1, -0.05) is 48.5 Å². The molecule has 3 aromatic carbocycles. The van der Waals surface area contributed by atoms with Gasteiger partial charge in [0.05, 0.1) is 4.90 Å². The van der Waals surface area contributed by atoms with E-state index in [1.54, 1.807) is 47.0 Å². The van der Waals surface area contributed by atoms with E-state index in [1.165, 1.54) is 12.1 Å². The molecule has 7 heteroatoms. The molecule has 0 bridgehead atoms. The maximum absolute atomic E-state index is 12.5. The van der Waals surface area contributed by atoms with Crippen LogP contribution < -0.4 is 4.72 Å². The quantitative estimate of drug-likeness (QED) is 0.503. The van der Waals surface area contributed by atoms with Crippen LogP contribution in [0.15, 0.2) is 89.8 Å². The van der Waals surface area contributed by atoms with Gasteiger partial charge in [0.15, 0.2) is 0 Å². The smallest absolute Gasteiger partial charge is 0.352 e. The van der Waals surface area contributed by atoms with E-state index >= 15 is 0 Å². The molecule has 0 fully saturated rings. The fourth-order valence-corrected chi connectivity index (χ4v) is 4.33. The highest BCUT2D eigenvalue weighted by Crippen LogP contribution is 2.26. The Balaban J connectivity index is 1.72. The minimum atomic E-state index is -3.72. The molecule has 2 N–H and O–H groups in total. The summed E-state index contributed by atoms with van der Waals surface area (Å²) in [5, 5.41) is 10.3. The summed E-state index contributed by atoms with van der Waals surface area (Å²) in [6.07, 6.45) is 0. The SMILES string of the molecule is O=C(O)c1cc2cc(NS(=O)(=O)c3ccccc3)ccc2n1Cc1ccccc1. The van der Waals surface area contributed by atoms with Gasteiger partial charge in [-0.3, -0.25) is 4.72 Å². The standard InChI is InChI=1S/C22H18N2O4S/c25-22(26)21-14-17-13-18(23-29(27,28)19-9-5-2-6-10-19)11-12-20(17)24(21)15-16-7-3-1-4-8-16/h1-14,23H,15H2,(H,25,26). The molecule has 146 valence electrons. The zero-order valence-electron chi connectivity index (χ0n) is 15.3. The number of nitrogens with zero attached hydrogens (tertiary/aromatic N) is 1. The molecule has 0 amide bonds. The lowest BCUT2D eigenvalue weighted by Crippen LogP contribution is -2.12. The van der Waals surface area contributed by atoms with Gasteiger partial charge in [-0.05, 0) is 42.0 Å². The van der Waals surface area contributed by atoms with Gasteiger partial charge in [0.2, 0.25) is 0 Å². The minimum Gasteiger partial charge on any atom is -0.477 e. The monoisotopic (exact) mass is 406 g/mol. The normalized spacial score (nSPS) is 11.4. The molecule has 0 radical (unpaired) electrons. The van der Waals surface area contributed by atoms with E-state index in [-0.39, 0.29) is 10.6 Å². The molecule has 4 aromatic rings. The molecule has 0 aliphatic heterocycles. The number of carbonyl (C=O) groups is 1. The average molecular weight is 406 g/mol. The van der Waals surface area contributed by atoms with Crippen molar-refractivity contribution < 1.29 is 18.3 Å². The molecule has 0 saturated carbocycles. The average Bonchev–Trinajstić information content (AvgIpc) is 3.07. The number of aromatic nitrogens is 1. The van der Waals surface area contributed by atoms with Crippen molar-refractivity contribution in [3.8, 4) is 0 Å².